The van der Waals surface area contributed by atoms with Crippen molar-refractivity contribution in [2.45, 2.75) is 0 Å². The molecule has 1 aromatic carbocycles. The zero-order chi connectivity index (χ0) is 14.1. The number of nitrogens with one attached hydrogen (secondary N) is 1. The van der Waals surface area contributed by atoms with Gasteiger partial charge in [0.25, 0.3) is 5.91 Å². The van der Waals surface area contributed by atoms with E-state index in [0.717, 1.165) is 5.39 Å². The van der Waals surface area contributed by atoms with Crippen LogP contribution in [0.15, 0.2) is 41.9 Å². The number of amides is 1. The van der Waals surface area contributed by atoms with Crippen LogP contribution in [0.4, 0.5) is 11.5 Å². The maximum Gasteiger partial charge on any atom is 0.257 e. The van der Waals surface area contributed by atoms with Crippen molar-refractivity contribution in [1.82, 2.24) is 4.98 Å². The summed E-state index contributed by atoms with van der Waals surface area (Å²) in [5.74, 6) is -0.0495. The van der Waals surface area contributed by atoms with E-state index in [1.807, 2.05) is 29.6 Å². The second-order valence-electron chi connectivity index (χ2n) is 4.22. The number of benzene rings is 1. The number of thiophene rings is 1. The highest BCUT2D eigenvalue weighted by Gasteiger charge is 2.12. The Bertz CT molecular complexity index is 800. The molecule has 0 saturated carbocycles. The molecule has 4 nitrogen and oxygen atoms in total. The summed E-state index contributed by atoms with van der Waals surface area (Å²) in [4.78, 5) is 16.0. The summed E-state index contributed by atoms with van der Waals surface area (Å²) in [5.41, 5.74) is 6.60. The molecule has 20 heavy (non-hydrogen) atoms. The molecule has 2 heterocycles. The molecule has 0 unspecified atom stereocenters. The third kappa shape index (κ3) is 2.45. The number of anilines is 2. The number of nitrogens with two attached hydrogens (primary N) is 1. The summed E-state index contributed by atoms with van der Waals surface area (Å²) < 4.78 is 1.18. The molecular weight excluding hydrogens is 294 g/mol. The lowest BCUT2D eigenvalue weighted by Crippen LogP contribution is -2.13. The fraction of sp³-hybridized carbons (Fsp3) is 0. The predicted molar refractivity (Wildman–Crippen MR) is 83.4 cm³/mol. The van der Waals surface area contributed by atoms with Crippen molar-refractivity contribution in [3.05, 3.63) is 52.5 Å². The SMILES string of the molecule is Nc1cc(C(=O)Nc2ccc3sccc3c2)c(Cl)cn1. The normalized spacial score (nSPS) is 10.7. The number of pyridine rings is 1. The Morgan fingerprint density at radius 3 is 3.00 bits per heavy atom. The molecular formula is C14H10ClN3OS. The highest BCUT2D eigenvalue weighted by molar-refractivity contribution is 7.17. The van der Waals surface area contributed by atoms with Crippen molar-refractivity contribution in [2.75, 3.05) is 11.1 Å². The number of nitrogen functional groups attached to an aromatic ring is 1. The summed E-state index contributed by atoms with van der Waals surface area (Å²) in [6.07, 6.45) is 1.37. The minimum Gasteiger partial charge on any atom is -0.384 e. The second kappa shape index (κ2) is 5.11. The summed E-state index contributed by atoms with van der Waals surface area (Å²) in [5, 5.41) is 6.18. The third-order valence-corrected chi connectivity index (χ3v) is 4.03. The maximum absolute atomic E-state index is 12.2. The summed E-state index contributed by atoms with van der Waals surface area (Å²) in [6.45, 7) is 0. The minimum atomic E-state index is -0.307. The Hall–Kier alpha value is -2.11. The molecule has 0 aliphatic carbocycles. The number of fused-ring (bicyclic) bond motifs is 1. The molecule has 3 N–H and O–H groups in total. The molecule has 1 amide bonds. The first-order chi connectivity index (χ1) is 9.63. The maximum atomic E-state index is 12.2. The molecule has 2 aromatic heterocycles. The van der Waals surface area contributed by atoms with Gasteiger partial charge in [-0.1, -0.05) is 11.6 Å². The van der Waals surface area contributed by atoms with E-state index in [2.05, 4.69) is 10.3 Å². The van der Waals surface area contributed by atoms with Crippen LogP contribution >= 0.6 is 22.9 Å². The first kappa shape index (κ1) is 12.9. The lowest BCUT2D eigenvalue weighted by atomic mass is 10.2. The summed E-state index contributed by atoms with van der Waals surface area (Å²) in [7, 11) is 0. The van der Waals surface area contributed by atoms with Crippen LogP contribution in [0.25, 0.3) is 10.1 Å². The van der Waals surface area contributed by atoms with Crippen molar-refractivity contribution in [2.24, 2.45) is 0 Å². The van der Waals surface area contributed by atoms with E-state index >= 15 is 0 Å². The standard InChI is InChI=1S/C14H10ClN3OS/c15-11-7-17-13(16)6-10(11)14(19)18-9-1-2-12-8(5-9)3-4-20-12/h1-7H,(H2,16,17)(H,18,19). The monoisotopic (exact) mass is 303 g/mol. The topological polar surface area (TPSA) is 68.0 Å². The molecule has 0 fully saturated rings. The van der Waals surface area contributed by atoms with Gasteiger partial charge in [0.2, 0.25) is 0 Å². The molecule has 100 valence electrons. The van der Waals surface area contributed by atoms with Gasteiger partial charge in [0.1, 0.15) is 5.82 Å². The molecule has 0 atom stereocenters. The zero-order valence-electron chi connectivity index (χ0n) is 10.3. The van der Waals surface area contributed by atoms with E-state index in [9.17, 15) is 4.79 Å². The third-order valence-electron chi connectivity index (χ3n) is 2.83. The quantitative estimate of drug-likeness (QED) is 0.757. The fourth-order valence-corrected chi connectivity index (χ4v) is 2.83. The van der Waals surface area contributed by atoms with E-state index in [1.54, 1.807) is 11.3 Å². The van der Waals surface area contributed by atoms with Gasteiger partial charge in [-0.05, 0) is 41.1 Å². The predicted octanol–water partition coefficient (Wildman–Crippen LogP) is 3.78. The molecule has 0 spiro atoms. The van der Waals surface area contributed by atoms with Crippen LogP contribution in [-0.2, 0) is 0 Å². The van der Waals surface area contributed by atoms with Crippen molar-refractivity contribution in [3.8, 4) is 0 Å². The number of rotatable bonds is 2. The van der Waals surface area contributed by atoms with Gasteiger partial charge in [0, 0.05) is 16.6 Å². The molecule has 0 aliphatic heterocycles. The lowest BCUT2D eigenvalue weighted by Gasteiger charge is -2.07. The lowest BCUT2D eigenvalue weighted by molar-refractivity contribution is 0.102. The number of hydrogen-bond donors (Lipinski definition) is 2. The number of aromatic nitrogens is 1. The van der Waals surface area contributed by atoms with E-state index in [0.29, 0.717) is 11.3 Å². The van der Waals surface area contributed by atoms with Crippen molar-refractivity contribution in [1.29, 1.82) is 0 Å². The largest absolute Gasteiger partial charge is 0.384 e. The van der Waals surface area contributed by atoms with Gasteiger partial charge < -0.3 is 11.1 Å². The Balaban J connectivity index is 1.89. The first-order valence-electron chi connectivity index (χ1n) is 5.83. The molecule has 0 saturated heterocycles. The molecule has 3 rings (SSSR count). The van der Waals surface area contributed by atoms with Gasteiger partial charge in [-0.25, -0.2) is 4.98 Å². The Labute approximate surface area is 124 Å². The van der Waals surface area contributed by atoms with Gasteiger partial charge in [-0.2, -0.15) is 0 Å². The molecule has 0 bridgehead atoms. The molecule has 3 aromatic rings. The van der Waals surface area contributed by atoms with Crippen LogP contribution in [0.1, 0.15) is 10.4 Å². The Kier molecular flexibility index (Phi) is 3.30. The Morgan fingerprint density at radius 2 is 2.15 bits per heavy atom. The van der Waals surface area contributed by atoms with Crippen LogP contribution in [0, 0.1) is 0 Å². The van der Waals surface area contributed by atoms with Crippen LogP contribution in [0.3, 0.4) is 0 Å². The zero-order valence-corrected chi connectivity index (χ0v) is 11.8. The first-order valence-corrected chi connectivity index (χ1v) is 7.09. The number of nitrogens with zero attached hydrogens (tertiary/aromatic N) is 1. The van der Waals surface area contributed by atoms with Crippen LogP contribution in [-0.4, -0.2) is 10.9 Å². The van der Waals surface area contributed by atoms with Crippen molar-refractivity contribution >= 4 is 50.4 Å². The van der Waals surface area contributed by atoms with E-state index in [1.165, 1.54) is 17.0 Å². The van der Waals surface area contributed by atoms with E-state index in [-0.39, 0.29) is 16.7 Å². The van der Waals surface area contributed by atoms with Gasteiger partial charge in [-0.15, -0.1) is 11.3 Å². The Morgan fingerprint density at radius 1 is 1.30 bits per heavy atom. The molecule has 6 heteroatoms. The number of carbonyl (C=O) groups excluding carboxylic acids is 1. The van der Waals surface area contributed by atoms with Gasteiger partial charge in [0.05, 0.1) is 10.6 Å². The van der Waals surface area contributed by atoms with Crippen LogP contribution < -0.4 is 11.1 Å². The van der Waals surface area contributed by atoms with Crippen molar-refractivity contribution < 1.29 is 4.79 Å². The minimum absolute atomic E-state index is 0.257. The summed E-state index contributed by atoms with van der Waals surface area (Å²) >= 11 is 7.61. The average molecular weight is 304 g/mol. The molecule has 0 aliphatic rings. The average Bonchev–Trinajstić information content (AvgIpc) is 2.89. The van der Waals surface area contributed by atoms with Crippen LogP contribution in [0.2, 0.25) is 5.02 Å². The van der Waals surface area contributed by atoms with Gasteiger partial charge in [-0.3, -0.25) is 4.79 Å². The second-order valence-corrected chi connectivity index (χ2v) is 5.57. The van der Waals surface area contributed by atoms with E-state index in [4.69, 9.17) is 17.3 Å². The number of carbonyl (C=O) groups is 1. The molecule has 0 radical (unpaired) electrons. The van der Waals surface area contributed by atoms with Gasteiger partial charge in [0.15, 0.2) is 0 Å². The number of hydrogen-bond acceptors (Lipinski definition) is 4. The highest BCUT2D eigenvalue weighted by atomic mass is 35.5. The fourth-order valence-electron chi connectivity index (χ4n) is 1.87. The van der Waals surface area contributed by atoms with E-state index < -0.39 is 0 Å². The van der Waals surface area contributed by atoms with Gasteiger partial charge >= 0.3 is 0 Å². The van der Waals surface area contributed by atoms with Crippen molar-refractivity contribution in [3.63, 3.8) is 0 Å². The number of halogens is 1. The van der Waals surface area contributed by atoms with Crippen LogP contribution in [0.5, 0.6) is 0 Å². The smallest absolute Gasteiger partial charge is 0.257 e. The highest BCUT2D eigenvalue weighted by Crippen LogP contribution is 2.25. The summed E-state index contributed by atoms with van der Waals surface area (Å²) in [6, 6.07) is 9.21.